The number of carbonyl (C=O) groups is 1. The first kappa shape index (κ1) is 16.9. The van der Waals surface area contributed by atoms with Crippen molar-refractivity contribution in [2.24, 2.45) is 0 Å². The van der Waals surface area contributed by atoms with Gasteiger partial charge in [0.25, 0.3) is 5.91 Å². The zero-order valence-electron chi connectivity index (χ0n) is 13.8. The van der Waals surface area contributed by atoms with Crippen LogP contribution in [0.2, 0.25) is 0 Å². The van der Waals surface area contributed by atoms with Gasteiger partial charge < -0.3 is 14.8 Å². The van der Waals surface area contributed by atoms with Crippen LogP contribution in [0.25, 0.3) is 0 Å². The number of ether oxygens (including phenoxy) is 2. The van der Waals surface area contributed by atoms with Crippen LogP contribution in [0.4, 0.5) is 0 Å². The predicted molar refractivity (Wildman–Crippen MR) is 91.0 cm³/mol. The molecule has 0 bridgehead atoms. The van der Waals surface area contributed by atoms with Gasteiger partial charge in [-0.1, -0.05) is 24.3 Å². The normalized spacial score (nSPS) is 11.6. The molecule has 1 N–H and O–H groups in total. The van der Waals surface area contributed by atoms with Gasteiger partial charge in [-0.25, -0.2) is 0 Å². The van der Waals surface area contributed by atoms with Crippen LogP contribution in [-0.2, 0) is 11.2 Å². The molecule has 0 aliphatic rings. The van der Waals surface area contributed by atoms with E-state index in [0.717, 1.165) is 23.3 Å². The van der Waals surface area contributed by atoms with Gasteiger partial charge in [0, 0.05) is 6.54 Å². The molecule has 1 atom stereocenters. The lowest BCUT2D eigenvalue weighted by Crippen LogP contribution is -2.37. The van der Waals surface area contributed by atoms with Crippen molar-refractivity contribution in [2.45, 2.75) is 26.4 Å². The van der Waals surface area contributed by atoms with Crippen molar-refractivity contribution in [2.75, 3.05) is 13.7 Å². The minimum atomic E-state index is -0.521. The fourth-order valence-electron chi connectivity index (χ4n) is 2.21. The topological polar surface area (TPSA) is 47.6 Å². The Kier molecular flexibility index (Phi) is 6.03. The van der Waals surface area contributed by atoms with E-state index in [4.69, 9.17) is 9.47 Å². The number of rotatable bonds is 7. The molecule has 0 unspecified atom stereocenters. The van der Waals surface area contributed by atoms with E-state index in [-0.39, 0.29) is 5.91 Å². The lowest BCUT2D eigenvalue weighted by atomic mass is 10.1. The summed E-state index contributed by atoms with van der Waals surface area (Å²) >= 11 is 0. The third-order valence-corrected chi connectivity index (χ3v) is 3.54. The number of benzene rings is 2. The second kappa shape index (κ2) is 8.22. The predicted octanol–water partition coefficient (Wildman–Crippen LogP) is 3.13. The van der Waals surface area contributed by atoms with Crippen LogP contribution in [0.5, 0.6) is 11.5 Å². The van der Waals surface area contributed by atoms with Crippen LogP contribution in [0.1, 0.15) is 18.1 Å². The molecule has 0 radical (unpaired) electrons. The largest absolute Gasteiger partial charge is 0.497 e. The van der Waals surface area contributed by atoms with Gasteiger partial charge in [0.1, 0.15) is 11.5 Å². The van der Waals surface area contributed by atoms with Gasteiger partial charge >= 0.3 is 0 Å². The lowest BCUT2D eigenvalue weighted by molar-refractivity contribution is -0.127. The minimum absolute atomic E-state index is 0.111. The summed E-state index contributed by atoms with van der Waals surface area (Å²) in [6.07, 6.45) is 0.250. The molecule has 0 fully saturated rings. The van der Waals surface area contributed by atoms with Gasteiger partial charge in [0.2, 0.25) is 0 Å². The van der Waals surface area contributed by atoms with Gasteiger partial charge in [0.15, 0.2) is 6.10 Å². The maximum atomic E-state index is 12.1. The molecule has 0 aromatic heterocycles. The van der Waals surface area contributed by atoms with Gasteiger partial charge in [0.05, 0.1) is 7.11 Å². The van der Waals surface area contributed by atoms with Crippen molar-refractivity contribution in [1.82, 2.24) is 5.32 Å². The van der Waals surface area contributed by atoms with E-state index in [1.807, 2.05) is 55.5 Å². The standard InChI is InChI=1S/C19H23NO3/c1-14-5-4-6-18(13-14)23-15(2)19(21)20-12-11-16-7-9-17(22-3)10-8-16/h4-10,13,15H,11-12H2,1-3H3,(H,20,21)/t15-/m0/s1. The molecule has 4 heteroatoms. The highest BCUT2D eigenvalue weighted by Gasteiger charge is 2.13. The molecule has 0 spiro atoms. The minimum Gasteiger partial charge on any atom is -0.497 e. The van der Waals surface area contributed by atoms with E-state index in [0.29, 0.717) is 12.3 Å². The fourth-order valence-corrected chi connectivity index (χ4v) is 2.21. The van der Waals surface area contributed by atoms with E-state index in [1.165, 1.54) is 0 Å². The van der Waals surface area contributed by atoms with E-state index in [1.54, 1.807) is 14.0 Å². The summed E-state index contributed by atoms with van der Waals surface area (Å²) < 4.78 is 10.8. The van der Waals surface area contributed by atoms with Crippen LogP contribution in [0.3, 0.4) is 0 Å². The zero-order chi connectivity index (χ0) is 16.7. The van der Waals surface area contributed by atoms with Crippen LogP contribution in [0, 0.1) is 6.92 Å². The lowest BCUT2D eigenvalue weighted by Gasteiger charge is -2.15. The first-order valence-electron chi connectivity index (χ1n) is 7.72. The number of hydrogen-bond donors (Lipinski definition) is 1. The first-order valence-corrected chi connectivity index (χ1v) is 7.72. The molecule has 2 aromatic rings. The Morgan fingerprint density at radius 3 is 2.52 bits per heavy atom. The molecule has 23 heavy (non-hydrogen) atoms. The van der Waals surface area contributed by atoms with Crippen LogP contribution in [0.15, 0.2) is 48.5 Å². The van der Waals surface area contributed by atoms with Crippen molar-refractivity contribution in [1.29, 1.82) is 0 Å². The SMILES string of the molecule is COc1ccc(CCNC(=O)[C@H](C)Oc2cccc(C)c2)cc1. The Morgan fingerprint density at radius 1 is 1.13 bits per heavy atom. The Bertz CT molecular complexity index is 637. The van der Waals surface area contributed by atoms with Crippen molar-refractivity contribution in [3.63, 3.8) is 0 Å². The number of methoxy groups -OCH3 is 1. The third-order valence-electron chi connectivity index (χ3n) is 3.54. The molecule has 122 valence electrons. The van der Waals surface area contributed by atoms with E-state index >= 15 is 0 Å². The van der Waals surface area contributed by atoms with Crippen LogP contribution < -0.4 is 14.8 Å². The second-order valence-electron chi connectivity index (χ2n) is 5.47. The van der Waals surface area contributed by atoms with Crippen LogP contribution in [-0.4, -0.2) is 25.7 Å². The second-order valence-corrected chi connectivity index (χ2v) is 5.47. The van der Waals surface area contributed by atoms with Gasteiger partial charge in [-0.15, -0.1) is 0 Å². The highest BCUT2D eigenvalue weighted by molar-refractivity contribution is 5.80. The Labute approximate surface area is 137 Å². The van der Waals surface area contributed by atoms with Gasteiger partial charge in [-0.05, 0) is 55.7 Å². The number of amides is 1. The Balaban J connectivity index is 1.77. The van der Waals surface area contributed by atoms with E-state index in [2.05, 4.69) is 5.32 Å². The highest BCUT2D eigenvalue weighted by atomic mass is 16.5. The van der Waals surface area contributed by atoms with E-state index in [9.17, 15) is 4.79 Å². The summed E-state index contributed by atoms with van der Waals surface area (Å²) in [6.45, 7) is 4.32. The Morgan fingerprint density at radius 2 is 1.87 bits per heavy atom. The summed E-state index contributed by atoms with van der Waals surface area (Å²) in [7, 11) is 1.64. The van der Waals surface area contributed by atoms with Crippen LogP contribution >= 0.6 is 0 Å². The molecule has 1 amide bonds. The molecule has 2 aromatic carbocycles. The van der Waals surface area contributed by atoms with Crippen molar-refractivity contribution in [3.8, 4) is 11.5 Å². The number of aryl methyl sites for hydroxylation is 1. The molecule has 0 saturated carbocycles. The maximum absolute atomic E-state index is 12.1. The summed E-state index contributed by atoms with van der Waals surface area (Å²) in [5.41, 5.74) is 2.26. The van der Waals surface area contributed by atoms with Crippen molar-refractivity contribution < 1.29 is 14.3 Å². The summed E-state index contributed by atoms with van der Waals surface area (Å²) in [5, 5.41) is 2.90. The molecule has 2 rings (SSSR count). The summed E-state index contributed by atoms with van der Waals surface area (Å²) in [5.74, 6) is 1.43. The Hall–Kier alpha value is -2.49. The zero-order valence-corrected chi connectivity index (χ0v) is 13.8. The third kappa shape index (κ3) is 5.33. The molecular weight excluding hydrogens is 290 g/mol. The molecule has 0 aliphatic heterocycles. The molecular formula is C19H23NO3. The molecule has 0 heterocycles. The molecule has 0 aliphatic carbocycles. The monoisotopic (exact) mass is 313 g/mol. The molecule has 0 saturated heterocycles. The van der Waals surface area contributed by atoms with E-state index < -0.39 is 6.10 Å². The summed E-state index contributed by atoms with van der Waals surface area (Å²) in [4.78, 5) is 12.1. The average Bonchev–Trinajstić information content (AvgIpc) is 2.55. The average molecular weight is 313 g/mol. The summed E-state index contributed by atoms with van der Waals surface area (Å²) in [6, 6.07) is 15.5. The smallest absolute Gasteiger partial charge is 0.260 e. The number of nitrogens with one attached hydrogen (secondary N) is 1. The fraction of sp³-hybridized carbons (Fsp3) is 0.316. The quantitative estimate of drug-likeness (QED) is 0.854. The first-order chi connectivity index (χ1) is 11.1. The van der Waals surface area contributed by atoms with Crippen molar-refractivity contribution in [3.05, 3.63) is 59.7 Å². The van der Waals surface area contributed by atoms with Gasteiger partial charge in [-0.2, -0.15) is 0 Å². The maximum Gasteiger partial charge on any atom is 0.260 e. The van der Waals surface area contributed by atoms with Crippen molar-refractivity contribution >= 4 is 5.91 Å². The van der Waals surface area contributed by atoms with Gasteiger partial charge in [-0.3, -0.25) is 4.79 Å². The number of carbonyl (C=O) groups excluding carboxylic acids is 1. The highest BCUT2D eigenvalue weighted by Crippen LogP contribution is 2.14. The number of hydrogen-bond acceptors (Lipinski definition) is 3. The molecule has 4 nitrogen and oxygen atoms in total.